The van der Waals surface area contributed by atoms with Crippen LogP contribution >= 0.6 is 0 Å². The molecule has 0 amide bonds. The highest BCUT2D eigenvalue weighted by Gasteiger charge is 2.36. The SMILES string of the molecule is CCCCCC1(C)Cc2ccccc2N1C. The number of fused-ring (bicyclic) bond motifs is 1. The number of para-hydroxylation sites is 1. The lowest BCUT2D eigenvalue weighted by atomic mass is 9.90. The van der Waals surface area contributed by atoms with Crippen molar-refractivity contribution in [1.29, 1.82) is 0 Å². The van der Waals surface area contributed by atoms with Crippen molar-refractivity contribution in [3.63, 3.8) is 0 Å². The molecule has 1 aliphatic heterocycles. The predicted octanol–water partition coefficient (Wildman–Crippen LogP) is 4.02. The Morgan fingerprint density at radius 3 is 2.69 bits per heavy atom. The Morgan fingerprint density at radius 1 is 1.25 bits per heavy atom. The lowest BCUT2D eigenvalue weighted by molar-refractivity contribution is 0.410. The van der Waals surface area contributed by atoms with Crippen molar-refractivity contribution in [2.24, 2.45) is 0 Å². The Kier molecular flexibility index (Phi) is 3.22. The normalized spacial score (nSPS) is 23.6. The summed E-state index contributed by atoms with van der Waals surface area (Å²) in [6.07, 6.45) is 6.55. The van der Waals surface area contributed by atoms with Crippen molar-refractivity contribution in [1.82, 2.24) is 0 Å². The maximum Gasteiger partial charge on any atom is 0.0412 e. The molecule has 0 aromatic heterocycles. The van der Waals surface area contributed by atoms with Gasteiger partial charge in [0.05, 0.1) is 0 Å². The lowest BCUT2D eigenvalue weighted by Gasteiger charge is -2.34. The Bertz CT molecular complexity index is 358. The number of nitrogens with zero attached hydrogens (tertiary/aromatic N) is 1. The van der Waals surface area contributed by atoms with Crippen molar-refractivity contribution in [2.45, 2.75) is 51.5 Å². The average molecular weight is 217 g/mol. The molecule has 1 aromatic rings. The number of rotatable bonds is 4. The molecule has 0 aliphatic carbocycles. The van der Waals surface area contributed by atoms with Crippen LogP contribution in [0.3, 0.4) is 0 Å². The van der Waals surface area contributed by atoms with Crippen LogP contribution in [-0.2, 0) is 6.42 Å². The van der Waals surface area contributed by atoms with Gasteiger partial charge in [-0.1, -0.05) is 44.4 Å². The van der Waals surface area contributed by atoms with Crippen LogP contribution in [-0.4, -0.2) is 12.6 Å². The summed E-state index contributed by atoms with van der Waals surface area (Å²) in [6.45, 7) is 4.68. The van der Waals surface area contributed by atoms with Gasteiger partial charge in [0.25, 0.3) is 0 Å². The van der Waals surface area contributed by atoms with E-state index in [4.69, 9.17) is 0 Å². The Labute approximate surface area is 99.5 Å². The topological polar surface area (TPSA) is 3.24 Å². The Hall–Kier alpha value is -0.980. The fraction of sp³-hybridized carbons (Fsp3) is 0.600. The number of unbranched alkanes of at least 4 members (excludes halogenated alkanes) is 2. The van der Waals surface area contributed by atoms with E-state index in [1.165, 1.54) is 43.4 Å². The van der Waals surface area contributed by atoms with Crippen LogP contribution < -0.4 is 4.90 Å². The Balaban J connectivity index is 2.10. The van der Waals surface area contributed by atoms with Crippen molar-refractivity contribution < 1.29 is 0 Å². The molecule has 0 radical (unpaired) electrons. The summed E-state index contributed by atoms with van der Waals surface area (Å²) in [5.74, 6) is 0. The molecule has 0 saturated carbocycles. The molecular weight excluding hydrogens is 194 g/mol. The highest BCUT2D eigenvalue weighted by Crippen LogP contribution is 2.39. The van der Waals surface area contributed by atoms with Gasteiger partial charge < -0.3 is 4.90 Å². The molecule has 1 aliphatic rings. The summed E-state index contributed by atoms with van der Waals surface area (Å²) < 4.78 is 0. The van der Waals surface area contributed by atoms with Gasteiger partial charge in [-0.15, -0.1) is 0 Å². The second-order valence-electron chi connectivity index (χ2n) is 5.32. The number of likely N-dealkylation sites (N-methyl/N-ethyl adjacent to an activating group) is 1. The lowest BCUT2D eigenvalue weighted by Crippen LogP contribution is -2.41. The first-order chi connectivity index (χ1) is 7.67. The molecule has 0 bridgehead atoms. The molecular formula is C15H23N. The van der Waals surface area contributed by atoms with Gasteiger partial charge >= 0.3 is 0 Å². The van der Waals surface area contributed by atoms with Crippen LogP contribution in [0, 0.1) is 0 Å². The van der Waals surface area contributed by atoms with E-state index >= 15 is 0 Å². The molecule has 0 spiro atoms. The van der Waals surface area contributed by atoms with Crippen LogP contribution in [0.2, 0.25) is 0 Å². The quantitative estimate of drug-likeness (QED) is 0.689. The summed E-state index contributed by atoms with van der Waals surface area (Å²) in [7, 11) is 2.25. The minimum atomic E-state index is 0.346. The molecule has 2 rings (SSSR count). The first-order valence-electron chi connectivity index (χ1n) is 6.49. The molecule has 1 aromatic carbocycles. The van der Waals surface area contributed by atoms with Crippen molar-refractivity contribution in [2.75, 3.05) is 11.9 Å². The number of hydrogen-bond donors (Lipinski definition) is 0. The summed E-state index contributed by atoms with van der Waals surface area (Å²) in [6, 6.07) is 8.83. The summed E-state index contributed by atoms with van der Waals surface area (Å²) in [5, 5.41) is 0. The van der Waals surface area contributed by atoms with Gasteiger partial charge in [0, 0.05) is 18.3 Å². The smallest absolute Gasteiger partial charge is 0.0412 e. The van der Waals surface area contributed by atoms with Crippen molar-refractivity contribution in [3.8, 4) is 0 Å². The minimum absolute atomic E-state index is 0.346. The van der Waals surface area contributed by atoms with Crippen LogP contribution in [0.4, 0.5) is 5.69 Å². The molecule has 88 valence electrons. The Morgan fingerprint density at radius 2 is 2.00 bits per heavy atom. The predicted molar refractivity (Wildman–Crippen MR) is 71.1 cm³/mol. The van der Waals surface area contributed by atoms with E-state index in [1.807, 2.05) is 0 Å². The highest BCUT2D eigenvalue weighted by molar-refractivity contribution is 5.60. The van der Waals surface area contributed by atoms with E-state index in [0.717, 1.165) is 0 Å². The zero-order chi connectivity index (χ0) is 11.6. The second kappa shape index (κ2) is 4.48. The summed E-state index contributed by atoms with van der Waals surface area (Å²) in [5.41, 5.74) is 3.30. The van der Waals surface area contributed by atoms with E-state index in [9.17, 15) is 0 Å². The number of benzene rings is 1. The monoisotopic (exact) mass is 217 g/mol. The van der Waals surface area contributed by atoms with Crippen LogP contribution in [0.1, 0.15) is 45.1 Å². The van der Waals surface area contributed by atoms with E-state index in [0.29, 0.717) is 5.54 Å². The molecule has 0 N–H and O–H groups in total. The van der Waals surface area contributed by atoms with E-state index in [-0.39, 0.29) is 0 Å². The van der Waals surface area contributed by atoms with Gasteiger partial charge in [-0.2, -0.15) is 0 Å². The third-order valence-electron chi connectivity index (χ3n) is 4.05. The molecule has 1 unspecified atom stereocenters. The third kappa shape index (κ3) is 1.95. The van der Waals surface area contributed by atoms with E-state index in [2.05, 4.69) is 50.1 Å². The first-order valence-corrected chi connectivity index (χ1v) is 6.49. The highest BCUT2D eigenvalue weighted by atomic mass is 15.2. The number of anilines is 1. The molecule has 0 saturated heterocycles. The molecule has 0 fully saturated rings. The molecule has 1 heteroatoms. The van der Waals surface area contributed by atoms with Crippen LogP contribution in [0.15, 0.2) is 24.3 Å². The molecule has 1 heterocycles. The molecule has 16 heavy (non-hydrogen) atoms. The van der Waals surface area contributed by atoms with Gasteiger partial charge in [0.1, 0.15) is 0 Å². The van der Waals surface area contributed by atoms with Gasteiger partial charge in [0.2, 0.25) is 0 Å². The van der Waals surface area contributed by atoms with Crippen molar-refractivity contribution >= 4 is 5.69 Å². The van der Waals surface area contributed by atoms with Crippen LogP contribution in [0.5, 0.6) is 0 Å². The van der Waals surface area contributed by atoms with E-state index < -0.39 is 0 Å². The largest absolute Gasteiger partial charge is 0.369 e. The van der Waals surface area contributed by atoms with Gasteiger partial charge in [0.15, 0.2) is 0 Å². The molecule has 1 nitrogen and oxygen atoms in total. The van der Waals surface area contributed by atoms with E-state index in [1.54, 1.807) is 0 Å². The zero-order valence-corrected chi connectivity index (χ0v) is 10.8. The van der Waals surface area contributed by atoms with Crippen molar-refractivity contribution in [3.05, 3.63) is 29.8 Å². The fourth-order valence-electron chi connectivity index (χ4n) is 2.82. The van der Waals surface area contributed by atoms with Gasteiger partial charge in [-0.3, -0.25) is 0 Å². The number of hydrogen-bond acceptors (Lipinski definition) is 1. The zero-order valence-electron chi connectivity index (χ0n) is 10.8. The maximum atomic E-state index is 2.48. The summed E-state index contributed by atoms with van der Waals surface area (Å²) in [4.78, 5) is 2.48. The van der Waals surface area contributed by atoms with Crippen LogP contribution in [0.25, 0.3) is 0 Å². The fourth-order valence-corrected chi connectivity index (χ4v) is 2.82. The average Bonchev–Trinajstić information content (AvgIpc) is 2.53. The standard InChI is InChI=1S/C15H23N/c1-4-5-8-11-15(2)12-13-9-6-7-10-14(13)16(15)3/h6-7,9-10H,4-5,8,11-12H2,1-3H3. The summed E-state index contributed by atoms with van der Waals surface area (Å²) >= 11 is 0. The maximum absolute atomic E-state index is 2.48. The minimum Gasteiger partial charge on any atom is -0.369 e. The third-order valence-corrected chi connectivity index (χ3v) is 4.05. The molecule has 1 atom stereocenters. The van der Waals surface area contributed by atoms with Gasteiger partial charge in [-0.05, 0) is 31.4 Å². The second-order valence-corrected chi connectivity index (χ2v) is 5.32. The van der Waals surface area contributed by atoms with Gasteiger partial charge in [-0.25, -0.2) is 0 Å². The first kappa shape index (κ1) is 11.5.